The molecule has 0 fully saturated rings. The van der Waals surface area contributed by atoms with Crippen molar-refractivity contribution in [3.05, 3.63) is 84.2 Å². The van der Waals surface area contributed by atoms with E-state index in [9.17, 15) is 9.18 Å². The minimum absolute atomic E-state index is 0.219. The second-order valence-corrected chi connectivity index (χ2v) is 5.57. The van der Waals surface area contributed by atoms with Gasteiger partial charge in [0.25, 0.3) is 0 Å². The van der Waals surface area contributed by atoms with Gasteiger partial charge < -0.3 is 4.79 Å². The molecule has 0 aliphatic carbocycles. The minimum atomic E-state index is -0.262. The van der Waals surface area contributed by atoms with Crippen LogP contribution < -0.4 is 0 Å². The molecular weight excluding hydrogens is 287 g/mol. The predicted octanol–water partition coefficient (Wildman–Crippen LogP) is 5.46. The van der Waals surface area contributed by atoms with Crippen LogP contribution in [0.1, 0.15) is 18.4 Å². The number of aldehydes is 1. The smallest absolute Gasteiger partial charge is 0.131 e. The largest absolute Gasteiger partial charge is 0.303 e. The number of halogens is 1. The first kappa shape index (κ1) is 15.2. The fourth-order valence-electron chi connectivity index (χ4n) is 2.76. The van der Waals surface area contributed by atoms with Gasteiger partial charge in [-0.15, -0.1) is 0 Å². The Balaban J connectivity index is 2.07. The highest BCUT2D eigenvalue weighted by atomic mass is 19.1. The van der Waals surface area contributed by atoms with Gasteiger partial charge in [0.1, 0.15) is 12.1 Å². The van der Waals surface area contributed by atoms with Crippen LogP contribution in [0.3, 0.4) is 0 Å². The highest BCUT2D eigenvalue weighted by Gasteiger charge is 2.13. The van der Waals surface area contributed by atoms with Crippen molar-refractivity contribution in [1.29, 1.82) is 0 Å². The lowest BCUT2D eigenvalue weighted by Crippen LogP contribution is -1.97. The zero-order valence-corrected chi connectivity index (χ0v) is 12.9. The minimum Gasteiger partial charge on any atom is -0.303 e. The monoisotopic (exact) mass is 304 g/mol. The molecule has 3 aromatic carbocycles. The maximum Gasteiger partial charge on any atom is 0.131 e. The summed E-state index contributed by atoms with van der Waals surface area (Å²) in [5.74, 6) is -0.481. The Kier molecular flexibility index (Phi) is 4.33. The third kappa shape index (κ3) is 3.07. The molecule has 0 bridgehead atoms. The van der Waals surface area contributed by atoms with Gasteiger partial charge in [0.15, 0.2) is 0 Å². The first-order valence-corrected chi connectivity index (χ1v) is 7.60. The first-order chi connectivity index (χ1) is 11.2. The topological polar surface area (TPSA) is 17.1 Å². The molecule has 0 aliphatic rings. The molecule has 3 rings (SSSR count). The molecule has 0 saturated carbocycles. The van der Waals surface area contributed by atoms with Gasteiger partial charge in [-0.25, -0.2) is 4.39 Å². The van der Waals surface area contributed by atoms with Gasteiger partial charge in [0.2, 0.25) is 0 Å². The number of benzene rings is 3. The molecule has 3 aromatic rings. The summed E-state index contributed by atoms with van der Waals surface area (Å²) in [5, 5.41) is 0. The zero-order valence-electron chi connectivity index (χ0n) is 12.9. The van der Waals surface area contributed by atoms with E-state index in [1.165, 1.54) is 0 Å². The maximum atomic E-state index is 14.6. The lowest BCUT2D eigenvalue weighted by molar-refractivity contribution is -0.108. The van der Waals surface area contributed by atoms with Gasteiger partial charge in [-0.2, -0.15) is 0 Å². The molecule has 0 aliphatic heterocycles. The summed E-state index contributed by atoms with van der Waals surface area (Å²) in [5.41, 5.74) is 4.02. The Bertz CT molecular complexity index is 824. The van der Waals surface area contributed by atoms with Crippen molar-refractivity contribution in [2.24, 2.45) is 0 Å². The highest BCUT2D eigenvalue weighted by molar-refractivity contribution is 5.76. The third-order valence-electron chi connectivity index (χ3n) is 4.02. The van der Waals surface area contributed by atoms with Crippen LogP contribution in [0.5, 0.6) is 0 Å². The van der Waals surface area contributed by atoms with Crippen LogP contribution in [0.2, 0.25) is 0 Å². The van der Waals surface area contributed by atoms with Crippen molar-refractivity contribution in [3.8, 4) is 22.3 Å². The second-order valence-electron chi connectivity index (χ2n) is 5.57. The van der Waals surface area contributed by atoms with Crippen LogP contribution in [0.4, 0.5) is 4.39 Å². The van der Waals surface area contributed by atoms with E-state index in [2.05, 4.69) is 0 Å². The van der Waals surface area contributed by atoms with Crippen molar-refractivity contribution in [3.63, 3.8) is 0 Å². The van der Waals surface area contributed by atoms with Crippen LogP contribution in [0.25, 0.3) is 22.3 Å². The summed E-state index contributed by atoms with van der Waals surface area (Å²) >= 11 is 0. The van der Waals surface area contributed by atoms with Gasteiger partial charge in [0, 0.05) is 11.5 Å². The number of carbonyl (C=O) groups is 1. The van der Waals surface area contributed by atoms with Crippen molar-refractivity contribution in [2.45, 2.75) is 12.8 Å². The van der Waals surface area contributed by atoms with Crippen molar-refractivity contribution < 1.29 is 9.18 Å². The standard InChI is InChI=1S/C21H17FO/c1-15(14-23)18-9-5-6-10-19(18)17-11-12-20(21(22)13-17)16-7-3-2-4-8-16/h2-15H,1H3. The summed E-state index contributed by atoms with van der Waals surface area (Å²) in [7, 11) is 0. The fourth-order valence-corrected chi connectivity index (χ4v) is 2.76. The number of carbonyl (C=O) groups excluding carboxylic acids is 1. The Morgan fingerprint density at radius 2 is 1.52 bits per heavy atom. The van der Waals surface area contributed by atoms with Gasteiger partial charge in [0.05, 0.1) is 0 Å². The van der Waals surface area contributed by atoms with E-state index >= 15 is 0 Å². The SMILES string of the molecule is CC(C=O)c1ccccc1-c1ccc(-c2ccccc2)c(F)c1. The van der Waals surface area contributed by atoms with Gasteiger partial charge >= 0.3 is 0 Å². The maximum absolute atomic E-state index is 14.6. The fraction of sp³-hybridized carbons (Fsp3) is 0.0952. The summed E-state index contributed by atoms with van der Waals surface area (Å²) in [4.78, 5) is 11.1. The quantitative estimate of drug-likeness (QED) is 0.585. The summed E-state index contributed by atoms with van der Waals surface area (Å²) in [6.45, 7) is 1.85. The van der Waals surface area contributed by atoms with E-state index in [1.54, 1.807) is 12.1 Å². The molecule has 0 saturated heterocycles. The van der Waals surface area contributed by atoms with E-state index in [4.69, 9.17) is 0 Å². The van der Waals surface area contributed by atoms with Gasteiger partial charge in [-0.05, 0) is 28.3 Å². The third-order valence-corrected chi connectivity index (χ3v) is 4.02. The van der Waals surface area contributed by atoms with Gasteiger partial charge in [-0.3, -0.25) is 0 Å². The van der Waals surface area contributed by atoms with Crippen LogP contribution in [-0.2, 0) is 4.79 Å². The molecule has 23 heavy (non-hydrogen) atoms. The molecule has 0 heterocycles. The lowest BCUT2D eigenvalue weighted by atomic mass is 9.91. The molecule has 0 amide bonds. The van der Waals surface area contributed by atoms with Crippen molar-refractivity contribution >= 4 is 6.29 Å². The lowest BCUT2D eigenvalue weighted by Gasteiger charge is -2.13. The Morgan fingerprint density at radius 3 is 2.22 bits per heavy atom. The number of hydrogen-bond acceptors (Lipinski definition) is 1. The second kappa shape index (κ2) is 6.57. The van der Waals surface area contributed by atoms with Crippen LogP contribution in [0, 0.1) is 5.82 Å². The molecule has 0 radical (unpaired) electrons. The predicted molar refractivity (Wildman–Crippen MR) is 91.8 cm³/mol. The van der Waals surface area contributed by atoms with E-state index in [0.717, 1.165) is 28.5 Å². The van der Waals surface area contributed by atoms with E-state index in [1.807, 2.05) is 67.6 Å². The van der Waals surface area contributed by atoms with Crippen LogP contribution >= 0.6 is 0 Å². The molecule has 1 unspecified atom stereocenters. The van der Waals surface area contributed by atoms with Gasteiger partial charge in [-0.1, -0.05) is 73.7 Å². The van der Waals surface area contributed by atoms with Crippen molar-refractivity contribution in [2.75, 3.05) is 0 Å². The number of hydrogen-bond donors (Lipinski definition) is 0. The van der Waals surface area contributed by atoms with Crippen LogP contribution in [-0.4, -0.2) is 6.29 Å². The molecule has 1 nitrogen and oxygen atoms in total. The molecule has 0 aromatic heterocycles. The van der Waals surface area contributed by atoms with E-state index in [0.29, 0.717) is 5.56 Å². The molecule has 1 atom stereocenters. The molecular formula is C21H17FO. The Hall–Kier alpha value is -2.74. The molecule has 2 heteroatoms. The first-order valence-electron chi connectivity index (χ1n) is 7.60. The van der Waals surface area contributed by atoms with Crippen molar-refractivity contribution in [1.82, 2.24) is 0 Å². The Labute approximate surface area is 135 Å². The summed E-state index contributed by atoms with van der Waals surface area (Å²) in [6.07, 6.45) is 0.910. The Morgan fingerprint density at radius 1 is 0.826 bits per heavy atom. The summed E-state index contributed by atoms with van der Waals surface area (Å²) in [6, 6.07) is 22.3. The average Bonchev–Trinajstić information content (AvgIpc) is 2.61. The summed E-state index contributed by atoms with van der Waals surface area (Å²) < 4.78 is 14.6. The molecule has 0 N–H and O–H groups in total. The average molecular weight is 304 g/mol. The van der Waals surface area contributed by atoms with E-state index in [-0.39, 0.29) is 11.7 Å². The zero-order chi connectivity index (χ0) is 16.2. The molecule has 0 spiro atoms. The normalized spacial score (nSPS) is 11.9. The molecule has 114 valence electrons. The number of rotatable bonds is 4. The highest BCUT2D eigenvalue weighted by Crippen LogP contribution is 2.32. The van der Waals surface area contributed by atoms with Crippen LogP contribution in [0.15, 0.2) is 72.8 Å². The van der Waals surface area contributed by atoms with E-state index < -0.39 is 0 Å².